The van der Waals surface area contributed by atoms with Crippen LogP contribution in [0.3, 0.4) is 0 Å². The van der Waals surface area contributed by atoms with Gasteiger partial charge < -0.3 is 5.32 Å². The normalized spacial score (nSPS) is 20.2. The Labute approximate surface area is 91.1 Å². The summed E-state index contributed by atoms with van der Waals surface area (Å²) in [6.07, 6.45) is 5.35. The van der Waals surface area contributed by atoms with Gasteiger partial charge in [0.2, 0.25) is 0 Å². The summed E-state index contributed by atoms with van der Waals surface area (Å²) in [5.41, 5.74) is 0.439. The van der Waals surface area contributed by atoms with Crippen LogP contribution in [0.2, 0.25) is 0 Å². The number of aromatic nitrogens is 3. The quantitative estimate of drug-likeness (QED) is 0.791. The molecule has 1 N–H and O–H groups in total. The lowest BCUT2D eigenvalue weighted by atomic mass is 9.93. The number of nitrogens with one attached hydrogen (secondary N) is 1. The van der Waals surface area contributed by atoms with E-state index in [4.69, 9.17) is 0 Å². The molecule has 0 saturated heterocycles. The molecule has 0 spiro atoms. The Bertz CT molecular complexity index is 327. The molecule has 0 bridgehead atoms. The molecule has 1 aliphatic rings. The fraction of sp³-hybridized carbons (Fsp3) is 0.818. The smallest absolute Gasteiger partial charge is 0.138 e. The Balaban J connectivity index is 2.08. The number of nitrogens with zero attached hydrogens (tertiary/aromatic N) is 3. The van der Waals surface area contributed by atoms with Gasteiger partial charge in [-0.3, -0.25) is 4.68 Å². The van der Waals surface area contributed by atoms with Crippen molar-refractivity contribution in [2.75, 3.05) is 7.05 Å². The van der Waals surface area contributed by atoms with Gasteiger partial charge >= 0.3 is 0 Å². The summed E-state index contributed by atoms with van der Waals surface area (Å²) in [4.78, 5) is 4.35. The van der Waals surface area contributed by atoms with Gasteiger partial charge in [0.1, 0.15) is 12.2 Å². The molecule has 4 nitrogen and oxygen atoms in total. The Hall–Kier alpha value is -0.900. The molecule has 1 atom stereocenters. The van der Waals surface area contributed by atoms with Crippen molar-refractivity contribution in [1.82, 2.24) is 20.1 Å². The molecule has 1 fully saturated rings. The van der Waals surface area contributed by atoms with Crippen molar-refractivity contribution in [1.29, 1.82) is 0 Å². The van der Waals surface area contributed by atoms with Gasteiger partial charge in [0.15, 0.2) is 0 Å². The molecular weight excluding hydrogens is 188 g/mol. The summed E-state index contributed by atoms with van der Waals surface area (Å²) in [7, 11) is 2.04. The second-order valence-electron chi connectivity index (χ2n) is 4.54. The highest BCUT2D eigenvalue weighted by molar-refractivity contribution is 5.06. The molecule has 1 aromatic heterocycles. The topological polar surface area (TPSA) is 42.7 Å². The third-order valence-electron chi connectivity index (χ3n) is 3.75. The van der Waals surface area contributed by atoms with Crippen LogP contribution in [0, 0.1) is 5.41 Å². The van der Waals surface area contributed by atoms with Crippen LogP contribution in [-0.4, -0.2) is 27.9 Å². The molecule has 84 valence electrons. The average molecular weight is 208 g/mol. The molecule has 15 heavy (non-hydrogen) atoms. The maximum Gasteiger partial charge on any atom is 0.138 e. The summed E-state index contributed by atoms with van der Waals surface area (Å²) >= 11 is 0. The summed E-state index contributed by atoms with van der Waals surface area (Å²) in [5.74, 6) is 1.14. The van der Waals surface area contributed by atoms with Crippen LogP contribution in [-0.2, 0) is 13.0 Å². The minimum Gasteiger partial charge on any atom is -0.317 e. The lowest BCUT2D eigenvalue weighted by Crippen LogP contribution is -2.34. The molecule has 1 aromatic rings. The van der Waals surface area contributed by atoms with E-state index in [1.807, 2.05) is 11.7 Å². The van der Waals surface area contributed by atoms with Crippen molar-refractivity contribution in [3.63, 3.8) is 0 Å². The van der Waals surface area contributed by atoms with Crippen LogP contribution < -0.4 is 5.32 Å². The molecule has 0 amide bonds. The van der Waals surface area contributed by atoms with Gasteiger partial charge in [0.05, 0.1) is 0 Å². The van der Waals surface area contributed by atoms with Crippen molar-refractivity contribution in [3.8, 4) is 0 Å². The predicted octanol–water partition coefficient (Wildman–Crippen LogP) is 1.23. The van der Waals surface area contributed by atoms with Crippen LogP contribution in [0.15, 0.2) is 6.33 Å². The first-order valence-electron chi connectivity index (χ1n) is 5.76. The maximum atomic E-state index is 4.35. The summed E-state index contributed by atoms with van der Waals surface area (Å²) in [6, 6.07) is 0.569. The van der Waals surface area contributed by atoms with Gasteiger partial charge in [-0.2, -0.15) is 5.10 Å². The van der Waals surface area contributed by atoms with Crippen LogP contribution >= 0.6 is 0 Å². The molecule has 1 aliphatic carbocycles. The Morgan fingerprint density at radius 3 is 2.87 bits per heavy atom. The highest BCUT2D eigenvalue weighted by Gasteiger charge is 2.47. The molecular formula is C11H20N4. The van der Waals surface area contributed by atoms with Gasteiger partial charge in [-0.15, -0.1) is 0 Å². The fourth-order valence-electron chi connectivity index (χ4n) is 2.23. The number of rotatable bonds is 5. The Morgan fingerprint density at radius 2 is 2.33 bits per heavy atom. The predicted molar refractivity (Wildman–Crippen MR) is 59.6 cm³/mol. The number of aryl methyl sites for hydroxylation is 1. The summed E-state index contributed by atoms with van der Waals surface area (Å²) in [5, 5.41) is 7.58. The van der Waals surface area contributed by atoms with E-state index in [0.29, 0.717) is 11.5 Å². The first-order valence-corrected chi connectivity index (χ1v) is 5.76. The second-order valence-corrected chi connectivity index (χ2v) is 4.54. The SMILES string of the molecule is CCn1ncnc1CC1(C(C)NC)CC1. The van der Waals surface area contributed by atoms with E-state index in [9.17, 15) is 0 Å². The minimum atomic E-state index is 0.439. The van der Waals surface area contributed by atoms with Gasteiger partial charge in [-0.1, -0.05) is 0 Å². The van der Waals surface area contributed by atoms with Crippen molar-refractivity contribution in [2.24, 2.45) is 5.41 Å². The number of hydrogen-bond acceptors (Lipinski definition) is 3. The summed E-state index contributed by atoms with van der Waals surface area (Å²) < 4.78 is 2.00. The van der Waals surface area contributed by atoms with E-state index in [2.05, 4.69) is 29.2 Å². The molecule has 4 heteroatoms. The zero-order valence-corrected chi connectivity index (χ0v) is 9.82. The molecule has 0 aliphatic heterocycles. The first-order chi connectivity index (χ1) is 7.22. The number of hydrogen-bond donors (Lipinski definition) is 1. The van der Waals surface area contributed by atoms with Gasteiger partial charge in [0.25, 0.3) is 0 Å². The zero-order valence-electron chi connectivity index (χ0n) is 9.82. The maximum absolute atomic E-state index is 4.35. The lowest BCUT2D eigenvalue weighted by Gasteiger charge is -2.22. The van der Waals surface area contributed by atoms with E-state index in [-0.39, 0.29) is 0 Å². The zero-order chi connectivity index (χ0) is 10.9. The molecule has 0 aromatic carbocycles. The lowest BCUT2D eigenvalue weighted by molar-refractivity contribution is 0.356. The Morgan fingerprint density at radius 1 is 1.60 bits per heavy atom. The second kappa shape index (κ2) is 3.93. The van der Waals surface area contributed by atoms with E-state index in [0.717, 1.165) is 18.8 Å². The molecule has 0 radical (unpaired) electrons. The van der Waals surface area contributed by atoms with Crippen molar-refractivity contribution in [3.05, 3.63) is 12.2 Å². The van der Waals surface area contributed by atoms with E-state index in [1.165, 1.54) is 12.8 Å². The molecule has 1 heterocycles. The monoisotopic (exact) mass is 208 g/mol. The average Bonchev–Trinajstić information content (AvgIpc) is 2.89. The van der Waals surface area contributed by atoms with Crippen LogP contribution in [0.25, 0.3) is 0 Å². The van der Waals surface area contributed by atoms with Crippen molar-refractivity contribution >= 4 is 0 Å². The largest absolute Gasteiger partial charge is 0.317 e. The Kier molecular flexibility index (Phi) is 2.78. The van der Waals surface area contributed by atoms with E-state index >= 15 is 0 Å². The third-order valence-corrected chi connectivity index (χ3v) is 3.75. The standard InChI is InChI=1S/C11H20N4/c1-4-15-10(13-8-14-15)7-11(5-6-11)9(2)12-3/h8-9,12H,4-7H2,1-3H3. The highest BCUT2D eigenvalue weighted by atomic mass is 15.3. The van der Waals surface area contributed by atoms with Crippen molar-refractivity contribution in [2.45, 2.75) is 45.7 Å². The van der Waals surface area contributed by atoms with E-state index in [1.54, 1.807) is 6.33 Å². The van der Waals surface area contributed by atoms with Crippen LogP contribution in [0.4, 0.5) is 0 Å². The summed E-state index contributed by atoms with van der Waals surface area (Å²) in [6.45, 7) is 5.29. The highest BCUT2D eigenvalue weighted by Crippen LogP contribution is 2.50. The van der Waals surface area contributed by atoms with Crippen molar-refractivity contribution < 1.29 is 0 Å². The first kappa shape index (κ1) is 10.6. The van der Waals surface area contributed by atoms with Crippen LogP contribution in [0.5, 0.6) is 0 Å². The van der Waals surface area contributed by atoms with Crippen LogP contribution in [0.1, 0.15) is 32.5 Å². The van der Waals surface area contributed by atoms with Gasteiger partial charge in [0, 0.05) is 19.0 Å². The van der Waals surface area contributed by atoms with Gasteiger partial charge in [-0.05, 0) is 39.2 Å². The molecule has 1 saturated carbocycles. The third kappa shape index (κ3) is 1.91. The van der Waals surface area contributed by atoms with Gasteiger partial charge in [-0.25, -0.2) is 4.98 Å². The fourth-order valence-corrected chi connectivity index (χ4v) is 2.23. The molecule has 1 unspecified atom stereocenters. The molecule has 2 rings (SSSR count). The minimum absolute atomic E-state index is 0.439. The van der Waals surface area contributed by atoms with E-state index < -0.39 is 0 Å².